The summed E-state index contributed by atoms with van der Waals surface area (Å²) in [5.41, 5.74) is 4.84. The van der Waals surface area contributed by atoms with Crippen molar-refractivity contribution in [3.05, 3.63) is 62.7 Å². The molecule has 0 atom stereocenters. The van der Waals surface area contributed by atoms with Gasteiger partial charge in [-0.25, -0.2) is 0 Å². The average molecular weight is 392 g/mol. The van der Waals surface area contributed by atoms with Gasteiger partial charge in [0, 0.05) is 31.8 Å². The van der Waals surface area contributed by atoms with Crippen molar-refractivity contribution in [2.75, 3.05) is 5.32 Å². The highest BCUT2D eigenvalue weighted by Crippen LogP contribution is 2.26. The summed E-state index contributed by atoms with van der Waals surface area (Å²) in [5, 5.41) is 4.61. The van der Waals surface area contributed by atoms with Crippen LogP contribution < -0.4 is 5.32 Å². The summed E-state index contributed by atoms with van der Waals surface area (Å²) in [5.74, 6) is -0.0457. The third-order valence-corrected chi connectivity index (χ3v) is 4.99. The zero-order chi connectivity index (χ0) is 16.6. The first-order chi connectivity index (χ1) is 10.9. The monoisotopic (exact) mass is 390 g/mol. The van der Waals surface area contributed by atoms with Crippen molar-refractivity contribution < 1.29 is 4.79 Å². The Morgan fingerprint density at radius 1 is 1.22 bits per heavy atom. The van der Waals surface area contributed by atoms with Crippen LogP contribution in [0.4, 0.5) is 5.69 Å². The lowest BCUT2D eigenvalue weighted by Gasteiger charge is -2.07. The number of H-pyrrole nitrogens is 1. The summed E-state index contributed by atoms with van der Waals surface area (Å²) in [4.78, 5) is 15.7. The van der Waals surface area contributed by atoms with Gasteiger partial charge in [-0.2, -0.15) is 0 Å². The molecule has 1 amide bonds. The molecule has 3 nitrogen and oxygen atoms in total. The van der Waals surface area contributed by atoms with Gasteiger partial charge in [0.05, 0.1) is 6.42 Å². The molecule has 2 aromatic carbocycles. The Balaban J connectivity index is 1.84. The Bertz CT molecular complexity index is 901. The lowest BCUT2D eigenvalue weighted by molar-refractivity contribution is -0.115. The summed E-state index contributed by atoms with van der Waals surface area (Å²) in [6.45, 7) is 3.96. The number of carbonyl (C=O) groups is 1. The lowest BCUT2D eigenvalue weighted by atomic mass is 10.1. The molecule has 0 radical (unpaired) electrons. The maximum absolute atomic E-state index is 12.4. The molecule has 0 aliphatic carbocycles. The fraction of sp³-hybridized carbons (Fsp3) is 0.167. The molecule has 1 aromatic heterocycles. The van der Waals surface area contributed by atoms with E-state index in [9.17, 15) is 4.79 Å². The number of aromatic nitrogens is 1. The van der Waals surface area contributed by atoms with E-state index < -0.39 is 0 Å². The van der Waals surface area contributed by atoms with Crippen LogP contribution in [-0.2, 0) is 11.2 Å². The average Bonchev–Trinajstić information content (AvgIpc) is 2.79. The first-order valence-corrected chi connectivity index (χ1v) is 8.44. The summed E-state index contributed by atoms with van der Waals surface area (Å²) in [6, 6.07) is 11.4. The third kappa shape index (κ3) is 3.43. The van der Waals surface area contributed by atoms with E-state index in [1.165, 1.54) is 0 Å². The van der Waals surface area contributed by atoms with E-state index in [1.807, 2.05) is 50.2 Å². The van der Waals surface area contributed by atoms with Crippen molar-refractivity contribution in [2.45, 2.75) is 20.3 Å². The minimum atomic E-state index is -0.0457. The predicted octanol–water partition coefficient (Wildman–Crippen LogP) is 5.38. The van der Waals surface area contributed by atoms with E-state index in [0.29, 0.717) is 11.4 Å². The van der Waals surface area contributed by atoms with Gasteiger partial charge in [0.1, 0.15) is 0 Å². The van der Waals surface area contributed by atoms with E-state index in [1.54, 1.807) is 0 Å². The van der Waals surface area contributed by atoms with Gasteiger partial charge in [-0.05, 0) is 61.4 Å². The third-order valence-electron chi connectivity index (χ3n) is 3.86. The molecule has 0 aliphatic heterocycles. The van der Waals surface area contributed by atoms with Gasteiger partial charge in [0.25, 0.3) is 0 Å². The standard InChI is InChI=1S/C18H16BrClN2O/c1-10-7-13(4-5-16(10)19)22-18(23)9-14-11(2)21-17-6-3-12(20)8-15(14)17/h3-8,21H,9H2,1-2H3,(H,22,23). The molecule has 0 saturated heterocycles. The molecule has 2 N–H and O–H groups in total. The molecule has 0 bridgehead atoms. The quantitative estimate of drug-likeness (QED) is 0.618. The molecule has 0 aliphatic rings. The molecule has 118 valence electrons. The van der Waals surface area contributed by atoms with Gasteiger partial charge in [0.15, 0.2) is 0 Å². The van der Waals surface area contributed by atoms with Crippen molar-refractivity contribution in [2.24, 2.45) is 0 Å². The number of nitrogens with one attached hydrogen (secondary N) is 2. The first-order valence-electron chi connectivity index (χ1n) is 7.27. The summed E-state index contributed by atoms with van der Waals surface area (Å²) >= 11 is 9.54. The van der Waals surface area contributed by atoms with E-state index in [0.717, 1.165) is 37.9 Å². The van der Waals surface area contributed by atoms with Crippen LogP contribution in [0.25, 0.3) is 10.9 Å². The minimum Gasteiger partial charge on any atom is -0.358 e. The molecule has 1 heterocycles. The van der Waals surface area contributed by atoms with Crippen molar-refractivity contribution in [3.63, 3.8) is 0 Å². The highest BCUT2D eigenvalue weighted by atomic mass is 79.9. The number of aryl methyl sites for hydroxylation is 2. The number of rotatable bonds is 3. The van der Waals surface area contributed by atoms with E-state index >= 15 is 0 Å². The Labute approximate surface area is 148 Å². The van der Waals surface area contributed by atoms with Gasteiger partial charge in [-0.3, -0.25) is 4.79 Å². The molecule has 0 saturated carbocycles. The molecule has 3 aromatic rings. The van der Waals surface area contributed by atoms with Gasteiger partial charge in [0.2, 0.25) is 5.91 Å². The van der Waals surface area contributed by atoms with Crippen molar-refractivity contribution in [1.29, 1.82) is 0 Å². The number of anilines is 1. The number of carbonyl (C=O) groups excluding carboxylic acids is 1. The first kappa shape index (κ1) is 16.1. The second-order valence-corrected chi connectivity index (χ2v) is 6.90. The van der Waals surface area contributed by atoms with Crippen molar-refractivity contribution in [3.8, 4) is 0 Å². The van der Waals surface area contributed by atoms with Crippen LogP contribution in [0.5, 0.6) is 0 Å². The maximum atomic E-state index is 12.4. The molecule has 0 fully saturated rings. The molecule has 5 heteroatoms. The number of hydrogen-bond donors (Lipinski definition) is 2. The molecule has 3 rings (SSSR count). The Kier molecular flexibility index (Phi) is 4.46. The number of halogens is 2. The van der Waals surface area contributed by atoms with Crippen LogP contribution in [-0.4, -0.2) is 10.9 Å². The SMILES string of the molecule is Cc1cc(NC(=O)Cc2c(C)[nH]c3ccc(Cl)cc23)ccc1Br. The van der Waals surface area contributed by atoms with Gasteiger partial charge in [-0.15, -0.1) is 0 Å². The molecular formula is C18H16BrClN2O. The lowest BCUT2D eigenvalue weighted by Crippen LogP contribution is -2.14. The van der Waals surface area contributed by atoms with Crippen LogP contribution >= 0.6 is 27.5 Å². The minimum absolute atomic E-state index is 0.0457. The zero-order valence-electron chi connectivity index (χ0n) is 12.8. The van der Waals surface area contributed by atoms with Gasteiger partial charge < -0.3 is 10.3 Å². The topological polar surface area (TPSA) is 44.9 Å². The van der Waals surface area contributed by atoms with Gasteiger partial charge >= 0.3 is 0 Å². The van der Waals surface area contributed by atoms with E-state index in [4.69, 9.17) is 11.6 Å². The van der Waals surface area contributed by atoms with Crippen molar-refractivity contribution in [1.82, 2.24) is 4.98 Å². The highest BCUT2D eigenvalue weighted by molar-refractivity contribution is 9.10. The molecule has 23 heavy (non-hydrogen) atoms. The summed E-state index contributed by atoms with van der Waals surface area (Å²) < 4.78 is 1.03. The number of hydrogen-bond acceptors (Lipinski definition) is 1. The van der Waals surface area contributed by atoms with E-state index in [-0.39, 0.29) is 5.91 Å². The molecule has 0 spiro atoms. The Morgan fingerprint density at radius 3 is 2.74 bits per heavy atom. The number of aromatic amines is 1. The fourth-order valence-corrected chi connectivity index (χ4v) is 3.09. The zero-order valence-corrected chi connectivity index (χ0v) is 15.2. The number of amides is 1. The van der Waals surface area contributed by atoms with Crippen LogP contribution in [0.2, 0.25) is 5.02 Å². The van der Waals surface area contributed by atoms with Crippen LogP contribution in [0, 0.1) is 13.8 Å². The fourth-order valence-electron chi connectivity index (χ4n) is 2.67. The second kappa shape index (κ2) is 6.38. The Morgan fingerprint density at radius 2 is 2.00 bits per heavy atom. The van der Waals surface area contributed by atoms with Crippen molar-refractivity contribution >= 4 is 50.0 Å². The number of fused-ring (bicyclic) bond motifs is 1. The summed E-state index contributed by atoms with van der Waals surface area (Å²) in [6.07, 6.45) is 0.307. The van der Waals surface area contributed by atoms with Crippen LogP contribution in [0.1, 0.15) is 16.8 Å². The normalized spacial score (nSPS) is 11.0. The summed E-state index contributed by atoms with van der Waals surface area (Å²) in [7, 11) is 0. The van der Waals surface area contributed by atoms with Gasteiger partial charge in [-0.1, -0.05) is 27.5 Å². The second-order valence-electron chi connectivity index (χ2n) is 5.61. The molecular weight excluding hydrogens is 376 g/mol. The predicted molar refractivity (Wildman–Crippen MR) is 99.3 cm³/mol. The van der Waals surface area contributed by atoms with E-state index in [2.05, 4.69) is 26.2 Å². The Hall–Kier alpha value is -1.78. The maximum Gasteiger partial charge on any atom is 0.228 e. The van der Waals surface area contributed by atoms with Crippen LogP contribution in [0.15, 0.2) is 40.9 Å². The smallest absolute Gasteiger partial charge is 0.228 e. The largest absolute Gasteiger partial charge is 0.358 e. The van der Waals surface area contributed by atoms with Crippen LogP contribution in [0.3, 0.4) is 0 Å². The molecule has 0 unspecified atom stereocenters. The highest BCUT2D eigenvalue weighted by Gasteiger charge is 2.13. The number of benzene rings is 2.